The first kappa shape index (κ1) is 14.3. The lowest BCUT2D eigenvalue weighted by Crippen LogP contribution is -2.35. The molecule has 112 valence electrons. The van der Waals surface area contributed by atoms with Gasteiger partial charge in [-0.2, -0.15) is 4.31 Å². The van der Waals surface area contributed by atoms with E-state index in [2.05, 4.69) is 4.98 Å². The van der Waals surface area contributed by atoms with Crippen LogP contribution in [0.15, 0.2) is 30.5 Å². The van der Waals surface area contributed by atoms with Crippen LogP contribution in [0.5, 0.6) is 0 Å². The molecule has 3 rings (SSSR count). The van der Waals surface area contributed by atoms with Crippen molar-refractivity contribution in [2.24, 2.45) is 0 Å². The molecule has 0 spiro atoms. The number of aromatic amines is 1. The van der Waals surface area contributed by atoms with Gasteiger partial charge in [-0.3, -0.25) is 0 Å². The van der Waals surface area contributed by atoms with Gasteiger partial charge in [0.25, 0.3) is 0 Å². The highest BCUT2D eigenvalue weighted by atomic mass is 32.2. The van der Waals surface area contributed by atoms with E-state index in [4.69, 9.17) is 0 Å². The third kappa shape index (κ3) is 2.61. The van der Waals surface area contributed by atoms with Gasteiger partial charge in [-0.15, -0.1) is 0 Å². The van der Waals surface area contributed by atoms with Crippen LogP contribution in [0, 0.1) is 5.82 Å². The van der Waals surface area contributed by atoms with Gasteiger partial charge in [0.2, 0.25) is 10.0 Å². The number of hydrogen-bond acceptors (Lipinski definition) is 2. The lowest BCUT2D eigenvalue weighted by Gasteiger charge is -2.25. The molecule has 0 amide bonds. The number of benzene rings is 1. The number of H-pyrrole nitrogens is 1. The number of rotatable bonds is 3. The zero-order valence-electron chi connectivity index (χ0n) is 11.8. The molecule has 0 atom stereocenters. The number of hydrogen-bond donors (Lipinski definition) is 1. The number of fused-ring (bicyclic) bond motifs is 1. The minimum Gasteiger partial charge on any atom is -0.360 e. The van der Waals surface area contributed by atoms with Crippen LogP contribution in [0.3, 0.4) is 0 Å². The Kier molecular flexibility index (Phi) is 3.59. The fourth-order valence-electron chi connectivity index (χ4n) is 2.69. The largest absolute Gasteiger partial charge is 0.360 e. The van der Waals surface area contributed by atoms with E-state index in [9.17, 15) is 12.8 Å². The predicted molar refractivity (Wildman–Crippen MR) is 81.9 cm³/mol. The molecule has 6 heteroatoms. The number of aromatic nitrogens is 1. The van der Waals surface area contributed by atoms with Gasteiger partial charge in [-0.1, -0.05) is 6.08 Å². The van der Waals surface area contributed by atoms with Crippen LogP contribution >= 0.6 is 0 Å². The standard InChI is InChI=1S/C15H17FN2O2S/c1-2-21(19,20)18-7-5-11(6-8-18)14-10-17-15-9-12(16)3-4-13(14)15/h3-5,9-10,17H,2,6-8H2,1H3. The van der Waals surface area contributed by atoms with Gasteiger partial charge in [-0.05, 0) is 37.1 Å². The molecule has 1 aromatic carbocycles. The molecule has 0 saturated heterocycles. The summed E-state index contributed by atoms with van der Waals surface area (Å²) >= 11 is 0. The Hall–Kier alpha value is -1.66. The van der Waals surface area contributed by atoms with Gasteiger partial charge < -0.3 is 4.98 Å². The summed E-state index contributed by atoms with van der Waals surface area (Å²) in [6, 6.07) is 4.67. The summed E-state index contributed by atoms with van der Waals surface area (Å²) in [6.45, 7) is 2.55. The van der Waals surface area contributed by atoms with E-state index < -0.39 is 10.0 Å². The summed E-state index contributed by atoms with van der Waals surface area (Å²) in [5.41, 5.74) is 2.89. The van der Waals surface area contributed by atoms with Crippen molar-refractivity contribution in [2.45, 2.75) is 13.3 Å². The van der Waals surface area contributed by atoms with Crippen molar-refractivity contribution in [1.29, 1.82) is 0 Å². The van der Waals surface area contributed by atoms with E-state index in [1.807, 2.05) is 12.3 Å². The van der Waals surface area contributed by atoms with Gasteiger partial charge in [0, 0.05) is 35.8 Å². The van der Waals surface area contributed by atoms with Gasteiger partial charge in [-0.25, -0.2) is 12.8 Å². The van der Waals surface area contributed by atoms with Crippen molar-refractivity contribution in [3.05, 3.63) is 41.9 Å². The summed E-state index contributed by atoms with van der Waals surface area (Å²) in [7, 11) is -3.13. The highest BCUT2D eigenvalue weighted by Gasteiger charge is 2.23. The van der Waals surface area contributed by atoms with Crippen LogP contribution in [0.25, 0.3) is 16.5 Å². The van der Waals surface area contributed by atoms with Crippen molar-refractivity contribution < 1.29 is 12.8 Å². The van der Waals surface area contributed by atoms with Gasteiger partial charge in [0.05, 0.1) is 5.75 Å². The molecule has 2 aromatic rings. The average molecular weight is 308 g/mol. The summed E-state index contributed by atoms with van der Waals surface area (Å²) < 4.78 is 38.4. The first-order valence-electron chi connectivity index (χ1n) is 6.95. The fourth-order valence-corrected chi connectivity index (χ4v) is 3.73. The SMILES string of the molecule is CCS(=O)(=O)N1CC=C(c2c[nH]c3cc(F)ccc23)CC1. The van der Waals surface area contributed by atoms with E-state index in [0.717, 1.165) is 22.0 Å². The van der Waals surface area contributed by atoms with Crippen molar-refractivity contribution in [3.8, 4) is 0 Å². The number of halogens is 1. The van der Waals surface area contributed by atoms with Crippen LogP contribution < -0.4 is 0 Å². The second-order valence-corrected chi connectivity index (χ2v) is 7.39. The van der Waals surface area contributed by atoms with Crippen LogP contribution in [0.2, 0.25) is 0 Å². The molecular weight excluding hydrogens is 291 g/mol. The van der Waals surface area contributed by atoms with Crippen molar-refractivity contribution in [3.63, 3.8) is 0 Å². The smallest absolute Gasteiger partial charge is 0.214 e. The maximum absolute atomic E-state index is 13.2. The molecule has 1 N–H and O–H groups in total. The maximum atomic E-state index is 13.2. The normalized spacial score (nSPS) is 17.1. The summed E-state index contributed by atoms with van der Waals surface area (Å²) in [5.74, 6) is -0.142. The van der Waals surface area contributed by atoms with E-state index in [1.54, 1.807) is 13.0 Å². The Bertz CT molecular complexity index is 808. The van der Waals surface area contributed by atoms with Crippen molar-refractivity contribution in [2.75, 3.05) is 18.8 Å². The second kappa shape index (κ2) is 5.27. The Morgan fingerprint density at radius 3 is 2.86 bits per heavy atom. The molecule has 2 heterocycles. The number of sulfonamides is 1. The van der Waals surface area contributed by atoms with Crippen LogP contribution in [-0.2, 0) is 10.0 Å². The van der Waals surface area contributed by atoms with E-state index in [1.165, 1.54) is 16.4 Å². The highest BCUT2D eigenvalue weighted by molar-refractivity contribution is 7.89. The monoisotopic (exact) mass is 308 g/mol. The Morgan fingerprint density at radius 2 is 2.19 bits per heavy atom. The van der Waals surface area contributed by atoms with Crippen LogP contribution in [0.1, 0.15) is 18.9 Å². The second-order valence-electron chi connectivity index (χ2n) is 5.13. The number of nitrogens with one attached hydrogen (secondary N) is 1. The molecule has 0 radical (unpaired) electrons. The first-order valence-corrected chi connectivity index (χ1v) is 8.56. The molecule has 1 aliphatic rings. The van der Waals surface area contributed by atoms with E-state index in [0.29, 0.717) is 19.5 Å². The van der Waals surface area contributed by atoms with Crippen LogP contribution in [-0.4, -0.2) is 36.5 Å². The summed E-state index contributed by atoms with van der Waals surface area (Å²) in [4.78, 5) is 3.07. The average Bonchev–Trinajstić information content (AvgIpc) is 2.90. The van der Waals surface area contributed by atoms with E-state index >= 15 is 0 Å². The quantitative estimate of drug-likeness (QED) is 0.948. The molecule has 1 aliphatic heterocycles. The molecule has 0 fully saturated rings. The van der Waals surface area contributed by atoms with Gasteiger partial charge in [0.15, 0.2) is 0 Å². The minimum absolute atomic E-state index is 0.128. The molecule has 1 aromatic heterocycles. The molecule has 21 heavy (non-hydrogen) atoms. The van der Waals surface area contributed by atoms with Gasteiger partial charge >= 0.3 is 0 Å². The molecule has 0 unspecified atom stereocenters. The van der Waals surface area contributed by atoms with Gasteiger partial charge in [0.1, 0.15) is 5.82 Å². The molecular formula is C15H17FN2O2S. The third-order valence-electron chi connectivity index (χ3n) is 3.92. The van der Waals surface area contributed by atoms with Crippen LogP contribution in [0.4, 0.5) is 4.39 Å². The fraction of sp³-hybridized carbons (Fsp3) is 0.333. The lowest BCUT2D eigenvalue weighted by atomic mass is 10.00. The van der Waals surface area contributed by atoms with Crippen molar-refractivity contribution >= 4 is 26.5 Å². The molecule has 4 nitrogen and oxygen atoms in total. The maximum Gasteiger partial charge on any atom is 0.214 e. The lowest BCUT2D eigenvalue weighted by molar-refractivity contribution is 0.442. The van der Waals surface area contributed by atoms with E-state index in [-0.39, 0.29) is 11.6 Å². The molecule has 0 saturated carbocycles. The van der Waals surface area contributed by atoms with Crippen molar-refractivity contribution in [1.82, 2.24) is 9.29 Å². The zero-order chi connectivity index (χ0) is 15.0. The first-order chi connectivity index (χ1) is 10.0. The number of nitrogens with zero attached hydrogens (tertiary/aromatic N) is 1. The highest BCUT2D eigenvalue weighted by Crippen LogP contribution is 2.30. The minimum atomic E-state index is -3.13. The summed E-state index contributed by atoms with van der Waals surface area (Å²) in [5, 5.41) is 0.967. The summed E-state index contributed by atoms with van der Waals surface area (Å²) in [6.07, 6.45) is 4.48. The Morgan fingerprint density at radius 1 is 1.38 bits per heavy atom. The Labute approximate surface area is 123 Å². The topological polar surface area (TPSA) is 53.2 Å². The third-order valence-corrected chi connectivity index (χ3v) is 5.77. The predicted octanol–water partition coefficient (Wildman–Crippen LogP) is 2.75. The molecule has 0 bridgehead atoms. The zero-order valence-corrected chi connectivity index (χ0v) is 12.6. The molecule has 0 aliphatic carbocycles. The Balaban J connectivity index is 1.91.